The van der Waals surface area contributed by atoms with Gasteiger partial charge in [0.15, 0.2) is 4.77 Å². The van der Waals surface area contributed by atoms with Gasteiger partial charge in [-0.05, 0) is 49.7 Å². The molecule has 1 saturated carbocycles. The summed E-state index contributed by atoms with van der Waals surface area (Å²) in [5, 5.41) is 0. The molecule has 0 amide bonds. The zero-order valence-electron chi connectivity index (χ0n) is 10.6. The van der Waals surface area contributed by atoms with Gasteiger partial charge in [-0.25, -0.2) is 0 Å². The molecule has 1 atom stereocenters. The molecule has 0 radical (unpaired) electrons. The average molecular weight is 338 g/mol. The van der Waals surface area contributed by atoms with Crippen molar-refractivity contribution in [3.8, 4) is 0 Å². The largest absolute Gasteiger partial charge is 0.331 e. The topological polar surface area (TPSA) is 24.0 Å². The van der Waals surface area contributed by atoms with E-state index in [4.69, 9.17) is 12.2 Å². The number of likely N-dealkylation sites (tertiary alicyclic amines) is 1. The van der Waals surface area contributed by atoms with Gasteiger partial charge in [-0.1, -0.05) is 15.9 Å². The van der Waals surface area contributed by atoms with Gasteiger partial charge in [0.25, 0.3) is 0 Å². The maximum atomic E-state index is 5.53. The zero-order chi connectivity index (χ0) is 13.0. The van der Waals surface area contributed by atoms with E-state index < -0.39 is 0 Å². The normalized spacial score (nSPS) is 24.4. The van der Waals surface area contributed by atoms with Gasteiger partial charge in [-0.2, -0.15) is 0 Å². The first-order chi connectivity index (χ1) is 9.22. The van der Waals surface area contributed by atoms with Crippen LogP contribution in [-0.2, 0) is 0 Å². The van der Waals surface area contributed by atoms with Crippen LogP contribution in [0.1, 0.15) is 25.3 Å². The number of aromatic nitrogens is 2. The average Bonchev–Trinajstić information content (AvgIpc) is 3.02. The van der Waals surface area contributed by atoms with Crippen LogP contribution in [0, 0.1) is 4.77 Å². The van der Waals surface area contributed by atoms with Gasteiger partial charge in [0.2, 0.25) is 0 Å². The summed E-state index contributed by atoms with van der Waals surface area (Å²) in [6.07, 6.45) is 3.99. The summed E-state index contributed by atoms with van der Waals surface area (Å²) in [4.78, 5) is 5.96. The Morgan fingerprint density at radius 2 is 2.05 bits per heavy atom. The number of nitrogens with one attached hydrogen (secondary N) is 1. The maximum absolute atomic E-state index is 5.53. The number of fused-ring (bicyclic) bond motifs is 1. The first-order valence-corrected chi connectivity index (χ1v) is 8.06. The molecule has 1 saturated heterocycles. The number of aromatic amines is 1. The highest BCUT2D eigenvalue weighted by atomic mass is 79.9. The Bertz CT molecular complexity index is 686. The van der Waals surface area contributed by atoms with Gasteiger partial charge in [0.05, 0.1) is 17.1 Å². The van der Waals surface area contributed by atoms with E-state index in [0.717, 1.165) is 27.3 Å². The van der Waals surface area contributed by atoms with E-state index in [1.165, 1.54) is 31.3 Å². The van der Waals surface area contributed by atoms with Crippen LogP contribution in [0.25, 0.3) is 11.0 Å². The molecule has 1 aromatic heterocycles. The standard InChI is InChI=1S/C14H16BrN3S/c15-9-1-4-13-12(7-9)16-14(19)18(13)11-5-6-17(8-11)10-2-3-10/h1,4,7,10-11H,2-3,5-6,8H2,(H,16,19). The number of halogens is 1. The first kappa shape index (κ1) is 12.1. The van der Waals surface area contributed by atoms with E-state index in [0.29, 0.717) is 6.04 Å². The predicted molar refractivity (Wildman–Crippen MR) is 83.1 cm³/mol. The Hall–Kier alpha value is -0.650. The summed E-state index contributed by atoms with van der Waals surface area (Å²) in [6, 6.07) is 7.75. The van der Waals surface area contributed by atoms with Crippen molar-refractivity contribution in [2.24, 2.45) is 0 Å². The van der Waals surface area contributed by atoms with Crippen molar-refractivity contribution in [1.29, 1.82) is 0 Å². The molecule has 100 valence electrons. The molecular weight excluding hydrogens is 322 g/mol. The van der Waals surface area contributed by atoms with Crippen molar-refractivity contribution in [1.82, 2.24) is 14.5 Å². The molecule has 3 nitrogen and oxygen atoms in total. The molecule has 4 rings (SSSR count). The predicted octanol–water partition coefficient (Wildman–Crippen LogP) is 3.87. The fourth-order valence-corrected chi connectivity index (χ4v) is 3.93. The molecule has 0 bridgehead atoms. The van der Waals surface area contributed by atoms with Crippen molar-refractivity contribution in [2.45, 2.75) is 31.3 Å². The van der Waals surface area contributed by atoms with Gasteiger partial charge in [0.1, 0.15) is 0 Å². The molecule has 0 spiro atoms. The summed E-state index contributed by atoms with van der Waals surface area (Å²) in [5.74, 6) is 0. The van der Waals surface area contributed by atoms with E-state index in [1.54, 1.807) is 0 Å². The van der Waals surface area contributed by atoms with Crippen molar-refractivity contribution >= 4 is 39.2 Å². The lowest BCUT2D eigenvalue weighted by Gasteiger charge is -2.16. The maximum Gasteiger partial charge on any atom is 0.178 e. The Labute approximate surface area is 125 Å². The van der Waals surface area contributed by atoms with Crippen molar-refractivity contribution in [3.05, 3.63) is 27.4 Å². The van der Waals surface area contributed by atoms with Crippen LogP contribution >= 0.6 is 28.1 Å². The molecule has 1 aliphatic heterocycles. The van der Waals surface area contributed by atoms with Gasteiger partial charge < -0.3 is 9.55 Å². The van der Waals surface area contributed by atoms with Gasteiger partial charge in [-0.15, -0.1) is 0 Å². The molecule has 19 heavy (non-hydrogen) atoms. The third kappa shape index (κ3) is 2.08. The van der Waals surface area contributed by atoms with E-state index in [9.17, 15) is 0 Å². The number of nitrogens with zero attached hydrogens (tertiary/aromatic N) is 2. The van der Waals surface area contributed by atoms with Crippen molar-refractivity contribution < 1.29 is 0 Å². The number of hydrogen-bond acceptors (Lipinski definition) is 2. The minimum atomic E-state index is 0.531. The summed E-state index contributed by atoms with van der Waals surface area (Å²) in [5.41, 5.74) is 2.36. The third-order valence-corrected chi connectivity index (χ3v) is 5.09. The van der Waals surface area contributed by atoms with Gasteiger partial charge >= 0.3 is 0 Å². The van der Waals surface area contributed by atoms with E-state index in [-0.39, 0.29) is 0 Å². The van der Waals surface area contributed by atoms with Crippen molar-refractivity contribution in [3.63, 3.8) is 0 Å². The first-order valence-electron chi connectivity index (χ1n) is 6.86. The molecule has 2 fully saturated rings. The van der Waals surface area contributed by atoms with Crippen LogP contribution in [0.3, 0.4) is 0 Å². The smallest absolute Gasteiger partial charge is 0.178 e. The highest BCUT2D eigenvalue weighted by Gasteiger charge is 2.35. The second-order valence-electron chi connectivity index (χ2n) is 5.63. The summed E-state index contributed by atoms with van der Waals surface area (Å²) < 4.78 is 4.27. The Kier molecular flexibility index (Phi) is 2.83. The van der Waals surface area contributed by atoms with E-state index >= 15 is 0 Å². The number of benzene rings is 1. The molecule has 2 aromatic rings. The van der Waals surface area contributed by atoms with Crippen LogP contribution in [0.2, 0.25) is 0 Å². The summed E-state index contributed by atoms with van der Waals surface area (Å²) >= 11 is 9.04. The molecule has 2 heterocycles. The second kappa shape index (κ2) is 4.43. The molecule has 1 aromatic carbocycles. The van der Waals surface area contributed by atoms with Crippen LogP contribution < -0.4 is 0 Å². The van der Waals surface area contributed by atoms with Crippen LogP contribution in [0.5, 0.6) is 0 Å². The summed E-state index contributed by atoms with van der Waals surface area (Å²) in [6.45, 7) is 2.38. The fourth-order valence-electron chi connectivity index (χ4n) is 3.22. The third-order valence-electron chi connectivity index (χ3n) is 4.30. The molecule has 1 N–H and O–H groups in total. The lowest BCUT2D eigenvalue weighted by molar-refractivity contribution is 0.314. The monoisotopic (exact) mass is 337 g/mol. The Balaban J connectivity index is 1.74. The van der Waals surface area contributed by atoms with E-state index in [2.05, 4.69) is 48.6 Å². The molecule has 1 aliphatic carbocycles. The van der Waals surface area contributed by atoms with Crippen molar-refractivity contribution in [2.75, 3.05) is 13.1 Å². The second-order valence-corrected chi connectivity index (χ2v) is 6.93. The number of H-pyrrole nitrogens is 1. The molecule has 5 heteroatoms. The van der Waals surface area contributed by atoms with Crippen LogP contribution in [0.4, 0.5) is 0 Å². The highest BCUT2D eigenvalue weighted by Crippen LogP contribution is 2.35. The lowest BCUT2D eigenvalue weighted by atomic mass is 10.2. The molecule has 2 aliphatic rings. The van der Waals surface area contributed by atoms with Crippen LogP contribution in [0.15, 0.2) is 22.7 Å². The highest BCUT2D eigenvalue weighted by molar-refractivity contribution is 9.10. The SMILES string of the molecule is S=c1[nH]c2cc(Br)ccc2n1C1CCN(C2CC2)C1. The van der Waals surface area contributed by atoms with E-state index in [1.807, 2.05) is 0 Å². The zero-order valence-corrected chi connectivity index (χ0v) is 13.0. The number of imidazole rings is 1. The molecular formula is C14H16BrN3S. The minimum absolute atomic E-state index is 0.531. The Morgan fingerprint density at radius 1 is 1.21 bits per heavy atom. The van der Waals surface area contributed by atoms with Gasteiger partial charge in [-0.3, -0.25) is 4.90 Å². The lowest BCUT2D eigenvalue weighted by Crippen LogP contribution is -2.23. The number of rotatable bonds is 2. The van der Waals surface area contributed by atoms with Gasteiger partial charge in [0, 0.05) is 23.6 Å². The molecule has 1 unspecified atom stereocenters. The quantitative estimate of drug-likeness (QED) is 0.841. The number of hydrogen-bond donors (Lipinski definition) is 1. The Morgan fingerprint density at radius 3 is 2.84 bits per heavy atom. The van der Waals surface area contributed by atoms with Crippen LogP contribution in [-0.4, -0.2) is 33.6 Å². The fraction of sp³-hybridized carbons (Fsp3) is 0.500. The minimum Gasteiger partial charge on any atom is -0.331 e. The summed E-state index contributed by atoms with van der Waals surface area (Å²) in [7, 11) is 0.